The van der Waals surface area contributed by atoms with E-state index in [2.05, 4.69) is 51.9 Å². The molecule has 1 fully saturated rings. The van der Waals surface area contributed by atoms with Crippen LogP contribution in [0.5, 0.6) is 0 Å². The molecule has 1 saturated heterocycles. The standard InChI is InChI=1S/C16H24N3.BrH/c1-17-8-10-18(11-9-17)12-13-19-7-6-15-4-2-3-5-16(15)14-19;/h2-5,14H,6-13H2,1H3;1H/q+1;/p-1. The Morgan fingerprint density at radius 3 is 2.65 bits per heavy atom. The number of hydrogen-bond acceptors (Lipinski definition) is 2. The number of rotatable bonds is 3. The number of fused-ring (bicyclic) bond motifs is 1. The van der Waals surface area contributed by atoms with Crippen LogP contribution in [0.4, 0.5) is 0 Å². The van der Waals surface area contributed by atoms with Gasteiger partial charge in [0.05, 0.1) is 6.54 Å². The molecule has 4 heteroatoms. The molecule has 2 aliphatic rings. The van der Waals surface area contributed by atoms with E-state index in [9.17, 15) is 0 Å². The minimum absolute atomic E-state index is 0. The van der Waals surface area contributed by atoms with Crippen LogP contribution in [0.3, 0.4) is 0 Å². The molecule has 0 N–H and O–H groups in total. The van der Waals surface area contributed by atoms with Crippen LogP contribution in [0.1, 0.15) is 11.1 Å². The van der Waals surface area contributed by atoms with E-state index in [0.717, 1.165) is 6.54 Å². The van der Waals surface area contributed by atoms with E-state index in [0.29, 0.717) is 0 Å². The number of likely N-dealkylation sites (N-methyl/N-ethyl adjacent to an activating group) is 1. The maximum Gasteiger partial charge on any atom is 0.171 e. The molecular formula is C16H24BrN3. The summed E-state index contributed by atoms with van der Waals surface area (Å²) in [7, 11) is 2.21. The van der Waals surface area contributed by atoms with Crippen molar-refractivity contribution in [3.63, 3.8) is 0 Å². The van der Waals surface area contributed by atoms with Gasteiger partial charge in [-0.15, -0.1) is 0 Å². The van der Waals surface area contributed by atoms with E-state index < -0.39 is 0 Å². The third kappa shape index (κ3) is 3.90. The van der Waals surface area contributed by atoms with Gasteiger partial charge in [-0.2, -0.15) is 0 Å². The number of benzene rings is 1. The Balaban J connectivity index is 0.00000147. The molecule has 0 atom stereocenters. The Kier molecular flexibility index (Phi) is 5.75. The lowest BCUT2D eigenvalue weighted by Crippen LogP contribution is -3.00. The topological polar surface area (TPSA) is 9.49 Å². The largest absolute Gasteiger partial charge is 1.00 e. The Morgan fingerprint density at radius 1 is 1.10 bits per heavy atom. The van der Waals surface area contributed by atoms with Crippen molar-refractivity contribution in [3.05, 3.63) is 35.4 Å². The first-order valence-corrected chi connectivity index (χ1v) is 7.39. The minimum Gasteiger partial charge on any atom is -1.00 e. The first kappa shape index (κ1) is 15.7. The van der Waals surface area contributed by atoms with E-state index in [4.69, 9.17) is 0 Å². The zero-order valence-electron chi connectivity index (χ0n) is 12.3. The fraction of sp³-hybridized carbons (Fsp3) is 0.562. The summed E-state index contributed by atoms with van der Waals surface area (Å²) in [6.45, 7) is 8.41. The highest BCUT2D eigenvalue weighted by Gasteiger charge is 2.18. The Hall–Kier alpha value is -0.710. The Labute approximate surface area is 132 Å². The van der Waals surface area contributed by atoms with Crippen molar-refractivity contribution in [1.82, 2.24) is 9.80 Å². The van der Waals surface area contributed by atoms with Gasteiger partial charge in [0.2, 0.25) is 0 Å². The Morgan fingerprint density at radius 2 is 1.85 bits per heavy atom. The van der Waals surface area contributed by atoms with Crippen LogP contribution in [0, 0.1) is 0 Å². The molecule has 0 saturated carbocycles. The molecule has 0 bridgehead atoms. The van der Waals surface area contributed by atoms with Crippen LogP contribution in [0.2, 0.25) is 0 Å². The van der Waals surface area contributed by atoms with E-state index in [1.165, 1.54) is 56.8 Å². The molecule has 0 amide bonds. The molecule has 3 rings (SSSR count). The number of piperazine rings is 1. The summed E-state index contributed by atoms with van der Waals surface area (Å²) in [6.07, 6.45) is 3.53. The lowest BCUT2D eigenvalue weighted by molar-refractivity contribution is -0.524. The van der Waals surface area contributed by atoms with Crippen molar-refractivity contribution in [1.29, 1.82) is 0 Å². The fourth-order valence-corrected chi connectivity index (χ4v) is 2.93. The van der Waals surface area contributed by atoms with E-state index in [1.54, 1.807) is 0 Å². The third-order valence-electron chi connectivity index (χ3n) is 4.34. The van der Waals surface area contributed by atoms with Crippen LogP contribution in [0.15, 0.2) is 24.3 Å². The first-order chi connectivity index (χ1) is 9.31. The zero-order chi connectivity index (χ0) is 13.1. The van der Waals surface area contributed by atoms with Crippen LogP contribution in [-0.4, -0.2) is 73.5 Å². The SMILES string of the molecule is CN1CCN(CC[N+]2=Cc3ccccc3CC2)CC1.[Br-]. The summed E-state index contributed by atoms with van der Waals surface area (Å²) in [5.74, 6) is 0. The second-order valence-corrected chi connectivity index (χ2v) is 5.76. The molecule has 110 valence electrons. The average molecular weight is 338 g/mol. The first-order valence-electron chi connectivity index (χ1n) is 7.39. The monoisotopic (exact) mass is 337 g/mol. The summed E-state index contributed by atoms with van der Waals surface area (Å²) in [5, 5.41) is 0. The van der Waals surface area contributed by atoms with Crippen molar-refractivity contribution in [2.45, 2.75) is 6.42 Å². The van der Waals surface area contributed by atoms with Crippen LogP contribution in [-0.2, 0) is 6.42 Å². The number of halogens is 1. The summed E-state index contributed by atoms with van der Waals surface area (Å²) in [4.78, 5) is 5.01. The van der Waals surface area contributed by atoms with E-state index >= 15 is 0 Å². The van der Waals surface area contributed by atoms with Gasteiger partial charge in [-0.25, -0.2) is 4.58 Å². The predicted octanol–water partition coefficient (Wildman–Crippen LogP) is -2.07. The van der Waals surface area contributed by atoms with Gasteiger partial charge < -0.3 is 21.9 Å². The van der Waals surface area contributed by atoms with E-state index in [1.807, 2.05) is 0 Å². The summed E-state index contributed by atoms with van der Waals surface area (Å²) in [6, 6.07) is 8.77. The average Bonchev–Trinajstić information content (AvgIpc) is 2.46. The smallest absolute Gasteiger partial charge is 0.171 e. The van der Waals surface area contributed by atoms with Gasteiger partial charge in [0.25, 0.3) is 0 Å². The summed E-state index contributed by atoms with van der Waals surface area (Å²) >= 11 is 0. The Bertz CT molecular complexity index is 465. The lowest BCUT2D eigenvalue weighted by atomic mass is 10.0. The molecule has 0 radical (unpaired) electrons. The van der Waals surface area contributed by atoms with Crippen molar-refractivity contribution in [2.24, 2.45) is 0 Å². The van der Waals surface area contributed by atoms with Gasteiger partial charge in [0, 0.05) is 38.2 Å². The van der Waals surface area contributed by atoms with Gasteiger partial charge in [-0.3, -0.25) is 4.90 Å². The predicted molar refractivity (Wildman–Crippen MR) is 79.2 cm³/mol. The van der Waals surface area contributed by atoms with E-state index in [-0.39, 0.29) is 17.0 Å². The molecule has 1 aromatic carbocycles. The highest BCUT2D eigenvalue weighted by atomic mass is 79.9. The fourth-order valence-electron chi connectivity index (χ4n) is 2.93. The van der Waals surface area contributed by atoms with Crippen LogP contribution < -0.4 is 17.0 Å². The van der Waals surface area contributed by atoms with Crippen LogP contribution in [0.25, 0.3) is 0 Å². The summed E-state index contributed by atoms with van der Waals surface area (Å²) in [5.41, 5.74) is 2.91. The van der Waals surface area contributed by atoms with Crippen LogP contribution >= 0.6 is 0 Å². The van der Waals surface area contributed by atoms with Gasteiger partial charge in [-0.05, 0) is 18.7 Å². The second-order valence-electron chi connectivity index (χ2n) is 5.76. The highest BCUT2D eigenvalue weighted by molar-refractivity contribution is 5.78. The molecule has 0 aromatic heterocycles. The molecule has 0 unspecified atom stereocenters. The van der Waals surface area contributed by atoms with Crippen molar-refractivity contribution >= 4 is 6.21 Å². The maximum absolute atomic E-state index is 2.59. The second kappa shape index (κ2) is 7.34. The molecule has 0 spiro atoms. The lowest BCUT2D eigenvalue weighted by Gasteiger charge is -2.31. The number of nitrogens with zero attached hydrogens (tertiary/aromatic N) is 3. The van der Waals surface area contributed by atoms with Gasteiger partial charge in [0.1, 0.15) is 6.54 Å². The maximum atomic E-state index is 2.59. The zero-order valence-corrected chi connectivity index (χ0v) is 13.8. The third-order valence-corrected chi connectivity index (χ3v) is 4.34. The highest BCUT2D eigenvalue weighted by Crippen LogP contribution is 2.11. The number of hydrogen-bond donors (Lipinski definition) is 0. The van der Waals surface area contributed by atoms with Crippen molar-refractivity contribution in [2.75, 3.05) is 52.9 Å². The molecule has 2 aliphatic heterocycles. The van der Waals surface area contributed by atoms with Crippen molar-refractivity contribution in [3.8, 4) is 0 Å². The quantitative estimate of drug-likeness (QED) is 0.586. The minimum atomic E-state index is 0. The van der Waals surface area contributed by atoms with Gasteiger partial charge >= 0.3 is 0 Å². The van der Waals surface area contributed by atoms with Crippen molar-refractivity contribution < 1.29 is 21.6 Å². The normalized spacial score (nSPS) is 19.9. The molecule has 3 nitrogen and oxygen atoms in total. The molecule has 20 heavy (non-hydrogen) atoms. The molecule has 0 aliphatic carbocycles. The molecule has 1 aromatic rings. The molecule has 2 heterocycles. The molecular weight excluding hydrogens is 314 g/mol. The van der Waals surface area contributed by atoms with Gasteiger partial charge in [-0.1, -0.05) is 18.2 Å². The summed E-state index contributed by atoms with van der Waals surface area (Å²) < 4.78 is 2.49. The van der Waals surface area contributed by atoms with Gasteiger partial charge in [0.15, 0.2) is 12.8 Å².